The Balaban J connectivity index is 2.09. The van der Waals surface area contributed by atoms with E-state index in [0.29, 0.717) is 17.0 Å². The zero-order valence-electron chi connectivity index (χ0n) is 10.1. The lowest BCUT2D eigenvalue weighted by Gasteiger charge is -2.06. The van der Waals surface area contributed by atoms with Crippen LogP contribution in [-0.2, 0) is 14.8 Å². The van der Waals surface area contributed by atoms with E-state index in [0.717, 1.165) is 6.42 Å². The van der Waals surface area contributed by atoms with Crippen LogP contribution in [0.3, 0.4) is 0 Å². The van der Waals surface area contributed by atoms with Gasteiger partial charge in [-0.3, -0.25) is 0 Å². The van der Waals surface area contributed by atoms with Gasteiger partial charge in [0.1, 0.15) is 0 Å². The Morgan fingerprint density at radius 3 is 2.63 bits per heavy atom. The smallest absolute Gasteiger partial charge is 0.338 e. The van der Waals surface area contributed by atoms with Gasteiger partial charge in [-0.2, -0.15) is 0 Å². The van der Waals surface area contributed by atoms with Gasteiger partial charge in [0.25, 0.3) is 0 Å². The number of sulfonamides is 1. The van der Waals surface area contributed by atoms with Crippen LogP contribution in [-0.4, -0.2) is 21.0 Å². The lowest BCUT2D eigenvalue weighted by molar-refractivity contribution is 0.0494. The molecular formula is C12H14BrNO4S. The van der Waals surface area contributed by atoms with E-state index >= 15 is 0 Å². The van der Waals surface area contributed by atoms with Gasteiger partial charge in [0.05, 0.1) is 17.1 Å². The van der Waals surface area contributed by atoms with Gasteiger partial charge in [-0.1, -0.05) is 28.8 Å². The number of hydrogen-bond acceptors (Lipinski definition) is 4. The van der Waals surface area contributed by atoms with Crippen LogP contribution in [0.25, 0.3) is 0 Å². The van der Waals surface area contributed by atoms with Crippen LogP contribution in [0, 0.1) is 5.92 Å². The second kappa shape index (κ2) is 5.60. The van der Waals surface area contributed by atoms with Gasteiger partial charge in [0.15, 0.2) is 0 Å². The monoisotopic (exact) mass is 347 g/mol. The highest BCUT2D eigenvalue weighted by Crippen LogP contribution is 2.32. The minimum Gasteiger partial charge on any atom is -0.462 e. The minimum atomic E-state index is -3.84. The van der Waals surface area contributed by atoms with Crippen molar-refractivity contribution in [1.82, 2.24) is 0 Å². The number of hydrogen-bond donors (Lipinski definition) is 1. The molecule has 0 spiro atoms. The molecule has 1 aliphatic rings. The number of ether oxygens (including phenoxy) is 1. The average Bonchev–Trinajstić information content (AvgIpc) is 3.11. The zero-order chi connectivity index (χ0) is 14.0. The molecule has 0 bridgehead atoms. The number of primary sulfonamides is 1. The Labute approximate surface area is 120 Å². The molecule has 2 rings (SSSR count). The van der Waals surface area contributed by atoms with Crippen molar-refractivity contribution in [2.75, 3.05) is 6.61 Å². The first kappa shape index (κ1) is 14.5. The average molecular weight is 348 g/mol. The van der Waals surface area contributed by atoms with Crippen molar-refractivity contribution in [3.05, 3.63) is 28.2 Å². The standard InChI is InChI=1S/C12H14BrNO4S/c13-10-5-9(6-11(7-10)19(14,16)17)12(15)18-4-3-8-1-2-8/h5-8H,1-4H2,(H2,14,16,17). The van der Waals surface area contributed by atoms with Gasteiger partial charge < -0.3 is 4.74 Å². The second-order valence-electron chi connectivity index (χ2n) is 4.59. The first-order valence-electron chi connectivity index (χ1n) is 5.87. The van der Waals surface area contributed by atoms with Gasteiger partial charge in [0.2, 0.25) is 10.0 Å². The van der Waals surface area contributed by atoms with Gasteiger partial charge in [-0.25, -0.2) is 18.4 Å². The molecule has 19 heavy (non-hydrogen) atoms. The molecule has 0 aromatic heterocycles. The number of rotatable bonds is 5. The van der Waals surface area contributed by atoms with Crippen molar-refractivity contribution < 1.29 is 17.9 Å². The fourth-order valence-electron chi connectivity index (χ4n) is 1.65. The van der Waals surface area contributed by atoms with E-state index in [-0.39, 0.29) is 10.5 Å². The molecule has 2 N–H and O–H groups in total. The van der Waals surface area contributed by atoms with Gasteiger partial charge in [-0.05, 0) is 30.5 Å². The Kier molecular flexibility index (Phi) is 4.27. The summed E-state index contributed by atoms with van der Waals surface area (Å²) in [6, 6.07) is 4.07. The predicted octanol–water partition coefficient (Wildman–Crippen LogP) is 2.05. The van der Waals surface area contributed by atoms with E-state index in [1.165, 1.54) is 31.0 Å². The summed E-state index contributed by atoms with van der Waals surface area (Å²) in [5, 5.41) is 5.04. The molecule has 1 aliphatic carbocycles. The van der Waals surface area contributed by atoms with Crippen LogP contribution >= 0.6 is 15.9 Å². The SMILES string of the molecule is NS(=O)(=O)c1cc(Br)cc(C(=O)OCCC2CC2)c1. The Morgan fingerprint density at radius 2 is 2.05 bits per heavy atom. The highest BCUT2D eigenvalue weighted by atomic mass is 79.9. The number of carbonyl (C=O) groups is 1. The summed E-state index contributed by atoms with van der Waals surface area (Å²) in [7, 11) is -3.84. The first-order valence-corrected chi connectivity index (χ1v) is 8.21. The third-order valence-corrected chi connectivity index (χ3v) is 4.24. The summed E-state index contributed by atoms with van der Waals surface area (Å²) < 4.78 is 28.1. The molecule has 0 amide bonds. The summed E-state index contributed by atoms with van der Waals surface area (Å²) in [4.78, 5) is 11.7. The van der Waals surface area contributed by atoms with Gasteiger partial charge >= 0.3 is 5.97 Å². The molecule has 1 saturated carbocycles. The van der Waals surface area contributed by atoms with Crippen LogP contribution in [0.4, 0.5) is 0 Å². The molecule has 7 heteroatoms. The summed E-state index contributed by atoms with van der Waals surface area (Å²) in [6.45, 7) is 0.362. The Hall–Kier alpha value is -0.920. The lowest BCUT2D eigenvalue weighted by Crippen LogP contribution is -2.14. The van der Waals surface area contributed by atoms with E-state index in [2.05, 4.69) is 15.9 Å². The molecule has 1 aromatic rings. The number of carbonyl (C=O) groups excluding carboxylic acids is 1. The Bertz CT molecular complexity index is 596. The largest absolute Gasteiger partial charge is 0.462 e. The molecule has 0 heterocycles. The summed E-state index contributed by atoms with van der Waals surface area (Å²) in [5.74, 6) is 0.141. The molecule has 0 radical (unpaired) electrons. The molecule has 0 aliphatic heterocycles. The fraction of sp³-hybridized carbons (Fsp3) is 0.417. The summed E-state index contributed by atoms with van der Waals surface area (Å²) in [6.07, 6.45) is 3.26. The number of halogens is 1. The van der Waals surface area contributed by atoms with E-state index in [1.54, 1.807) is 0 Å². The third-order valence-electron chi connectivity index (χ3n) is 2.89. The van der Waals surface area contributed by atoms with Crippen LogP contribution in [0.5, 0.6) is 0 Å². The van der Waals surface area contributed by atoms with Crippen LogP contribution in [0.15, 0.2) is 27.6 Å². The zero-order valence-corrected chi connectivity index (χ0v) is 12.5. The summed E-state index contributed by atoms with van der Waals surface area (Å²) in [5.41, 5.74) is 0.175. The molecule has 1 aromatic carbocycles. The summed E-state index contributed by atoms with van der Waals surface area (Å²) >= 11 is 3.15. The lowest BCUT2D eigenvalue weighted by atomic mass is 10.2. The third kappa shape index (κ3) is 4.29. The maximum Gasteiger partial charge on any atom is 0.338 e. The van der Waals surface area contributed by atoms with Crippen molar-refractivity contribution in [2.24, 2.45) is 11.1 Å². The topological polar surface area (TPSA) is 86.5 Å². The molecule has 0 atom stereocenters. The number of nitrogens with two attached hydrogens (primary N) is 1. The van der Waals surface area contributed by atoms with Crippen molar-refractivity contribution >= 4 is 31.9 Å². The first-order chi connectivity index (χ1) is 8.86. The van der Waals surface area contributed by atoms with Crippen molar-refractivity contribution in [3.63, 3.8) is 0 Å². The number of benzene rings is 1. The molecular weight excluding hydrogens is 334 g/mol. The minimum absolute atomic E-state index is 0.115. The van der Waals surface area contributed by atoms with Crippen molar-refractivity contribution in [2.45, 2.75) is 24.2 Å². The molecule has 0 unspecified atom stereocenters. The highest BCUT2D eigenvalue weighted by Gasteiger charge is 2.21. The van der Waals surface area contributed by atoms with E-state index in [4.69, 9.17) is 9.88 Å². The van der Waals surface area contributed by atoms with Crippen molar-refractivity contribution in [3.8, 4) is 0 Å². The molecule has 5 nitrogen and oxygen atoms in total. The number of esters is 1. The normalized spacial score (nSPS) is 15.3. The molecule has 1 fully saturated rings. The second-order valence-corrected chi connectivity index (χ2v) is 7.07. The van der Waals surface area contributed by atoms with Gasteiger partial charge in [0, 0.05) is 4.47 Å². The van der Waals surface area contributed by atoms with Crippen LogP contribution in [0.2, 0.25) is 0 Å². The maximum atomic E-state index is 11.8. The fourth-order valence-corrected chi connectivity index (χ4v) is 2.88. The quantitative estimate of drug-likeness (QED) is 0.825. The molecule has 0 saturated heterocycles. The van der Waals surface area contributed by atoms with E-state index in [9.17, 15) is 13.2 Å². The van der Waals surface area contributed by atoms with Gasteiger partial charge in [-0.15, -0.1) is 0 Å². The molecule has 104 valence electrons. The highest BCUT2D eigenvalue weighted by molar-refractivity contribution is 9.10. The maximum absolute atomic E-state index is 11.8. The Morgan fingerprint density at radius 1 is 1.37 bits per heavy atom. The van der Waals surface area contributed by atoms with Crippen LogP contribution < -0.4 is 5.14 Å². The van der Waals surface area contributed by atoms with E-state index in [1.807, 2.05) is 0 Å². The van der Waals surface area contributed by atoms with E-state index < -0.39 is 16.0 Å². The van der Waals surface area contributed by atoms with Crippen molar-refractivity contribution in [1.29, 1.82) is 0 Å². The predicted molar refractivity (Wildman–Crippen MR) is 73.1 cm³/mol. The van der Waals surface area contributed by atoms with Crippen LogP contribution in [0.1, 0.15) is 29.6 Å².